The van der Waals surface area contributed by atoms with Crippen molar-refractivity contribution >= 4 is 23.7 Å². The van der Waals surface area contributed by atoms with Gasteiger partial charge in [0.1, 0.15) is 23.9 Å². The minimum atomic E-state index is -1.15. The van der Waals surface area contributed by atoms with E-state index >= 15 is 0 Å². The Labute approximate surface area is 235 Å². The zero-order valence-electron chi connectivity index (χ0n) is 23.6. The van der Waals surface area contributed by atoms with Crippen molar-refractivity contribution in [1.82, 2.24) is 16.0 Å². The first-order valence-corrected chi connectivity index (χ1v) is 13.7. The van der Waals surface area contributed by atoms with Crippen LogP contribution in [0, 0.1) is 11.8 Å². The SMILES string of the molecule is CCC(C)C(NC(=O)C(NC(=O)C(Cc1ccc(O)cc1)NC(=O)C(N)Cc1ccccc1)C(C)CC)C(=O)O. The Balaban J connectivity index is 2.26. The molecule has 0 spiro atoms. The van der Waals surface area contributed by atoms with Crippen LogP contribution in [0.4, 0.5) is 0 Å². The molecular weight excluding hydrogens is 512 g/mol. The number of aromatic hydroxyl groups is 1. The molecule has 10 nitrogen and oxygen atoms in total. The standard InChI is InChI=1S/C30H42N4O6/c1-5-18(3)25(29(38)34-26(30(39)40)19(4)6-2)33-28(37)24(17-21-12-14-22(35)15-13-21)32-27(36)23(31)16-20-10-8-7-9-11-20/h7-15,18-19,23-26,35H,5-6,16-17,31H2,1-4H3,(H,32,36)(H,33,37)(H,34,38)(H,39,40). The topological polar surface area (TPSA) is 171 Å². The molecule has 6 unspecified atom stereocenters. The van der Waals surface area contributed by atoms with Crippen LogP contribution in [-0.2, 0) is 32.0 Å². The molecule has 7 N–H and O–H groups in total. The normalized spacial score (nSPS) is 15.5. The minimum Gasteiger partial charge on any atom is -0.508 e. The molecule has 0 bridgehead atoms. The molecule has 0 heterocycles. The van der Waals surface area contributed by atoms with Crippen LogP contribution < -0.4 is 21.7 Å². The third kappa shape index (κ3) is 9.68. The van der Waals surface area contributed by atoms with Gasteiger partial charge < -0.3 is 31.9 Å². The van der Waals surface area contributed by atoms with Gasteiger partial charge in [-0.1, -0.05) is 83.0 Å². The van der Waals surface area contributed by atoms with Crippen LogP contribution in [0.2, 0.25) is 0 Å². The van der Waals surface area contributed by atoms with Gasteiger partial charge in [-0.05, 0) is 41.5 Å². The van der Waals surface area contributed by atoms with Gasteiger partial charge in [-0.15, -0.1) is 0 Å². The molecule has 0 radical (unpaired) electrons. The Bertz CT molecular complexity index is 1120. The van der Waals surface area contributed by atoms with Crippen LogP contribution in [0.1, 0.15) is 51.7 Å². The van der Waals surface area contributed by atoms with Gasteiger partial charge in [0.15, 0.2) is 0 Å². The Kier molecular flexibility index (Phi) is 12.6. The summed E-state index contributed by atoms with van der Waals surface area (Å²) in [6.45, 7) is 7.21. The molecule has 6 atom stereocenters. The molecule has 40 heavy (non-hydrogen) atoms. The van der Waals surface area contributed by atoms with Crippen molar-refractivity contribution in [3.05, 3.63) is 65.7 Å². The molecule has 10 heteroatoms. The van der Waals surface area contributed by atoms with Crippen molar-refractivity contribution in [3.63, 3.8) is 0 Å². The first-order chi connectivity index (χ1) is 19.0. The summed E-state index contributed by atoms with van der Waals surface area (Å²) in [6, 6.07) is 11.3. The van der Waals surface area contributed by atoms with E-state index in [1.54, 1.807) is 26.0 Å². The Morgan fingerprint density at radius 1 is 0.725 bits per heavy atom. The van der Waals surface area contributed by atoms with E-state index in [0.29, 0.717) is 18.4 Å². The predicted molar refractivity (Wildman–Crippen MR) is 152 cm³/mol. The summed E-state index contributed by atoms with van der Waals surface area (Å²) in [5, 5.41) is 27.3. The van der Waals surface area contributed by atoms with Crippen LogP contribution in [0.3, 0.4) is 0 Å². The molecule has 0 aliphatic heterocycles. The number of phenolic OH excluding ortho intramolecular Hbond substituents is 1. The van der Waals surface area contributed by atoms with Gasteiger partial charge in [0.2, 0.25) is 17.7 Å². The van der Waals surface area contributed by atoms with Crippen LogP contribution in [0.15, 0.2) is 54.6 Å². The second-order valence-corrected chi connectivity index (χ2v) is 10.3. The van der Waals surface area contributed by atoms with Gasteiger partial charge in [-0.2, -0.15) is 0 Å². The molecule has 2 rings (SSSR count). The fraction of sp³-hybridized carbons (Fsp3) is 0.467. The highest BCUT2D eigenvalue weighted by molar-refractivity contribution is 5.94. The fourth-order valence-electron chi connectivity index (χ4n) is 4.20. The molecule has 0 aromatic heterocycles. The van der Waals surface area contributed by atoms with E-state index in [2.05, 4.69) is 16.0 Å². The monoisotopic (exact) mass is 554 g/mol. The lowest BCUT2D eigenvalue weighted by Crippen LogP contribution is -2.59. The smallest absolute Gasteiger partial charge is 0.326 e. The first-order valence-electron chi connectivity index (χ1n) is 13.7. The fourth-order valence-corrected chi connectivity index (χ4v) is 4.20. The molecule has 3 amide bonds. The summed E-state index contributed by atoms with van der Waals surface area (Å²) in [5.41, 5.74) is 7.69. The molecule has 0 aliphatic carbocycles. The summed E-state index contributed by atoms with van der Waals surface area (Å²) in [6.07, 6.45) is 1.43. The van der Waals surface area contributed by atoms with E-state index < -0.39 is 47.9 Å². The number of phenols is 1. The molecule has 0 fully saturated rings. The molecule has 0 saturated carbocycles. The van der Waals surface area contributed by atoms with Gasteiger partial charge in [0, 0.05) is 6.42 Å². The number of nitrogens with two attached hydrogens (primary N) is 1. The maximum Gasteiger partial charge on any atom is 0.326 e. The van der Waals surface area contributed by atoms with E-state index in [-0.39, 0.29) is 30.4 Å². The van der Waals surface area contributed by atoms with Crippen molar-refractivity contribution in [3.8, 4) is 5.75 Å². The average Bonchev–Trinajstić information content (AvgIpc) is 2.94. The molecule has 0 saturated heterocycles. The molecule has 2 aromatic carbocycles. The number of amides is 3. The number of hydrogen-bond acceptors (Lipinski definition) is 6. The second kappa shape index (κ2) is 15.6. The lowest BCUT2D eigenvalue weighted by atomic mass is 9.94. The maximum atomic E-state index is 13.6. The molecule has 218 valence electrons. The number of carbonyl (C=O) groups is 4. The van der Waals surface area contributed by atoms with Gasteiger partial charge in [-0.3, -0.25) is 14.4 Å². The number of aliphatic carboxylic acids is 1. The summed E-state index contributed by atoms with van der Waals surface area (Å²) >= 11 is 0. The number of rotatable bonds is 15. The summed E-state index contributed by atoms with van der Waals surface area (Å²) in [7, 11) is 0. The van der Waals surface area contributed by atoms with Crippen molar-refractivity contribution < 1.29 is 29.4 Å². The largest absolute Gasteiger partial charge is 0.508 e. The van der Waals surface area contributed by atoms with Gasteiger partial charge in [-0.25, -0.2) is 4.79 Å². The lowest BCUT2D eigenvalue weighted by molar-refractivity contribution is -0.144. The van der Waals surface area contributed by atoms with E-state index in [4.69, 9.17) is 5.73 Å². The average molecular weight is 555 g/mol. The Morgan fingerprint density at radius 2 is 1.25 bits per heavy atom. The highest BCUT2D eigenvalue weighted by atomic mass is 16.4. The predicted octanol–water partition coefficient (Wildman–Crippen LogP) is 2.14. The Morgan fingerprint density at radius 3 is 1.80 bits per heavy atom. The molecular formula is C30H42N4O6. The van der Waals surface area contributed by atoms with E-state index in [0.717, 1.165) is 5.56 Å². The summed E-state index contributed by atoms with van der Waals surface area (Å²) < 4.78 is 0. The minimum absolute atomic E-state index is 0.0569. The van der Waals surface area contributed by atoms with E-state index in [1.165, 1.54) is 12.1 Å². The number of benzene rings is 2. The van der Waals surface area contributed by atoms with Crippen LogP contribution >= 0.6 is 0 Å². The third-order valence-corrected chi connectivity index (χ3v) is 7.21. The van der Waals surface area contributed by atoms with Crippen molar-refractivity contribution in [2.24, 2.45) is 17.6 Å². The number of hydrogen-bond donors (Lipinski definition) is 6. The van der Waals surface area contributed by atoms with Crippen LogP contribution in [-0.4, -0.2) is 58.1 Å². The second-order valence-electron chi connectivity index (χ2n) is 10.3. The van der Waals surface area contributed by atoms with Gasteiger partial charge in [0.25, 0.3) is 0 Å². The lowest BCUT2D eigenvalue weighted by Gasteiger charge is -2.29. The van der Waals surface area contributed by atoms with E-state index in [1.807, 2.05) is 44.2 Å². The quantitative estimate of drug-likeness (QED) is 0.196. The van der Waals surface area contributed by atoms with E-state index in [9.17, 15) is 29.4 Å². The Hall–Kier alpha value is -3.92. The van der Waals surface area contributed by atoms with Crippen molar-refractivity contribution in [2.75, 3.05) is 0 Å². The van der Waals surface area contributed by atoms with Gasteiger partial charge >= 0.3 is 5.97 Å². The third-order valence-electron chi connectivity index (χ3n) is 7.21. The first kappa shape index (κ1) is 32.3. The number of carbonyl (C=O) groups excluding carboxylic acids is 3. The number of carboxylic acid groups (broad SMARTS) is 1. The molecule has 2 aromatic rings. The van der Waals surface area contributed by atoms with Crippen LogP contribution in [0.5, 0.6) is 5.75 Å². The summed E-state index contributed by atoms with van der Waals surface area (Å²) in [5.74, 6) is -3.48. The number of carboxylic acids is 1. The molecule has 0 aliphatic rings. The highest BCUT2D eigenvalue weighted by Crippen LogP contribution is 2.15. The zero-order chi connectivity index (χ0) is 29.8. The number of nitrogens with one attached hydrogen (secondary N) is 3. The summed E-state index contributed by atoms with van der Waals surface area (Å²) in [4.78, 5) is 51.6. The van der Waals surface area contributed by atoms with Crippen LogP contribution in [0.25, 0.3) is 0 Å². The van der Waals surface area contributed by atoms with Crippen molar-refractivity contribution in [2.45, 2.75) is 77.5 Å². The zero-order valence-corrected chi connectivity index (χ0v) is 23.6. The van der Waals surface area contributed by atoms with Crippen molar-refractivity contribution in [1.29, 1.82) is 0 Å². The maximum absolute atomic E-state index is 13.6. The highest BCUT2D eigenvalue weighted by Gasteiger charge is 2.34. The van der Waals surface area contributed by atoms with Gasteiger partial charge in [0.05, 0.1) is 6.04 Å².